The quantitative estimate of drug-likeness (QED) is 0.216. The number of rotatable bonds is 7. The van der Waals surface area contributed by atoms with Crippen molar-refractivity contribution in [1.82, 2.24) is 14.5 Å². The highest BCUT2D eigenvalue weighted by Gasteiger charge is 2.30. The molecule has 3 aromatic carbocycles. The number of imidazole rings is 1. The summed E-state index contributed by atoms with van der Waals surface area (Å²) < 4.78 is 2.45. The molecule has 0 radical (unpaired) electrons. The van der Waals surface area contributed by atoms with E-state index in [0.717, 1.165) is 27.1 Å². The molecule has 0 bridgehead atoms. The van der Waals surface area contributed by atoms with Crippen molar-refractivity contribution in [3.8, 4) is 0 Å². The molecule has 2 unspecified atom stereocenters. The second kappa shape index (κ2) is 9.42. The molecule has 176 valence electrons. The Balaban J connectivity index is 1.44. The van der Waals surface area contributed by atoms with Crippen molar-refractivity contribution in [3.63, 3.8) is 0 Å². The molecule has 2 aromatic heterocycles. The van der Waals surface area contributed by atoms with E-state index in [1.54, 1.807) is 11.3 Å². The van der Waals surface area contributed by atoms with E-state index in [4.69, 9.17) is 28.2 Å². The normalized spacial score (nSPS) is 15.4. The lowest BCUT2D eigenvalue weighted by Gasteiger charge is -2.18. The van der Waals surface area contributed by atoms with Crippen LogP contribution in [-0.4, -0.2) is 14.5 Å². The lowest BCUT2D eigenvalue weighted by molar-refractivity contribution is 0.586. The van der Waals surface area contributed by atoms with Gasteiger partial charge in [-0.15, -0.1) is 11.3 Å². The van der Waals surface area contributed by atoms with Crippen molar-refractivity contribution in [2.75, 3.05) is 0 Å². The summed E-state index contributed by atoms with van der Waals surface area (Å²) in [5, 5.41) is 4.63. The average Bonchev–Trinajstić information content (AvgIpc) is 3.45. The number of thiazole rings is 1. The number of nitrogens with zero attached hydrogens (tertiary/aromatic N) is 3. The summed E-state index contributed by atoms with van der Waals surface area (Å²) in [5.74, 6) is 2.18. The maximum Gasteiger partial charge on any atom is 0.113 e. The van der Waals surface area contributed by atoms with Crippen LogP contribution in [0.25, 0.3) is 11.0 Å². The third-order valence-corrected chi connectivity index (χ3v) is 8.22. The molecule has 5 aromatic rings. The lowest BCUT2D eigenvalue weighted by Crippen LogP contribution is -2.10. The van der Waals surface area contributed by atoms with Crippen LogP contribution >= 0.6 is 34.5 Å². The highest BCUT2D eigenvalue weighted by molar-refractivity contribution is 7.09. The molecule has 1 aliphatic rings. The van der Waals surface area contributed by atoms with Crippen molar-refractivity contribution in [2.45, 2.75) is 44.1 Å². The van der Waals surface area contributed by atoms with Crippen molar-refractivity contribution in [1.29, 1.82) is 0 Å². The van der Waals surface area contributed by atoms with Gasteiger partial charge in [-0.1, -0.05) is 60.5 Å². The zero-order valence-electron chi connectivity index (χ0n) is 19.4. The minimum absolute atomic E-state index is 0.0538. The first-order valence-corrected chi connectivity index (χ1v) is 13.6. The van der Waals surface area contributed by atoms with Gasteiger partial charge < -0.3 is 4.57 Å². The summed E-state index contributed by atoms with van der Waals surface area (Å²) in [7, 11) is 0. The molecule has 0 aliphatic heterocycles. The SMILES string of the molecule is CC(Cn1c(C2CC2)nc2ccc(C(c3ccc(Cl)cc3)c3nccs3)cc21)c1ccc(Cl)cc1. The first-order chi connectivity index (χ1) is 17.1. The Bertz CT molecular complexity index is 1450. The van der Waals surface area contributed by atoms with Gasteiger partial charge in [0.2, 0.25) is 0 Å². The van der Waals surface area contributed by atoms with E-state index < -0.39 is 0 Å². The smallest absolute Gasteiger partial charge is 0.113 e. The van der Waals surface area contributed by atoms with Crippen LogP contribution in [0.2, 0.25) is 10.0 Å². The molecule has 0 N–H and O–H groups in total. The third kappa shape index (κ3) is 4.63. The van der Waals surface area contributed by atoms with Gasteiger partial charge in [0.1, 0.15) is 10.8 Å². The van der Waals surface area contributed by atoms with Crippen LogP contribution in [-0.2, 0) is 6.54 Å². The lowest BCUT2D eigenvalue weighted by atomic mass is 9.91. The predicted octanol–water partition coefficient (Wildman–Crippen LogP) is 8.66. The molecule has 1 saturated carbocycles. The standard InChI is InChI=1S/C29H25Cl2N3S/c1-18(19-4-9-23(30)10-5-19)17-34-26-16-22(8-13-25(26)33-28(34)21-2-3-21)27(29-32-14-15-35-29)20-6-11-24(31)12-7-20/h4-16,18,21,27H,2-3,17H2,1H3. The summed E-state index contributed by atoms with van der Waals surface area (Å²) in [6.45, 7) is 3.16. The minimum atomic E-state index is 0.0538. The fourth-order valence-corrected chi connectivity index (χ4v) is 5.91. The van der Waals surface area contributed by atoms with E-state index in [0.29, 0.717) is 11.8 Å². The van der Waals surface area contributed by atoms with Crippen molar-refractivity contribution in [2.24, 2.45) is 0 Å². The monoisotopic (exact) mass is 517 g/mol. The minimum Gasteiger partial charge on any atom is -0.327 e. The number of aromatic nitrogens is 3. The van der Waals surface area contributed by atoms with Gasteiger partial charge in [-0.05, 0) is 71.8 Å². The van der Waals surface area contributed by atoms with E-state index >= 15 is 0 Å². The van der Waals surface area contributed by atoms with Crippen LogP contribution in [0.3, 0.4) is 0 Å². The van der Waals surface area contributed by atoms with E-state index in [1.807, 2.05) is 35.8 Å². The second-order valence-electron chi connectivity index (χ2n) is 9.41. The molecule has 2 atom stereocenters. The van der Waals surface area contributed by atoms with Crippen LogP contribution in [0.5, 0.6) is 0 Å². The Morgan fingerprint density at radius 3 is 2.20 bits per heavy atom. The summed E-state index contributed by atoms with van der Waals surface area (Å²) in [5.41, 5.74) is 5.95. The van der Waals surface area contributed by atoms with Gasteiger partial charge in [-0.3, -0.25) is 0 Å². The molecule has 0 amide bonds. The van der Waals surface area contributed by atoms with Gasteiger partial charge in [0.15, 0.2) is 0 Å². The predicted molar refractivity (Wildman–Crippen MR) is 146 cm³/mol. The van der Waals surface area contributed by atoms with E-state index in [1.165, 1.54) is 40.9 Å². The molecule has 1 aliphatic carbocycles. The molecule has 0 spiro atoms. The van der Waals surface area contributed by atoms with E-state index in [2.05, 4.69) is 58.9 Å². The van der Waals surface area contributed by atoms with Gasteiger partial charge in [-0.25, -0.2) is 9.97 Å². The topological polar surface area (TPSA) is 30.7 Å². The zero-order chi connectivity index (χ0) is 23.9. The van der Waals surface area contributed by atoms with Crippen molar-refractivity contribution in [3.05, 3.63) is 116 Å². The molecule has 6 heteroatoms. The first kappa shape index (κ1) is 22.8. The fourth-order valence-electron chi connectivity index (χ4n) is 4.86. The molecular formula is C29H25Cl2N3S. The number of fused-ring (bicyclic) bond motifs is 1. The van der Waals surface area contributed by atoms with Crippen LogP contribution in [0.15, 0.2) is 78.3 Å². The third-order valence-electron chi connectivity index (χ3n) is 6.87. The fraction of sp³-hybridized carbons (Fsp3) is 0.241. The Morgan fingerprint density at radius 2 is 1.57 bits per heavy atom. The molecule has 3 nitrogen and oxygen atoms in total. The molecule has 6 rings (SSSR count). The maximum absolute atomic E-state index is 6.20. The Hall–Kier alpha value is -2.66. The van der Waals surface area contributed by atoms with Crippen molar-refractivity contribution >= 4 is 45.6 Å². The highest BCUT2D eigenvalue weighted by atomic mass is 35.5. The van der Waals surface area contributed by atoms with Crippen LogP contribution < -0.4 is 0 Å². The zero-order valence-corrected chi connectivity index (χ0v) is 21.7. The Kier molecular flexibility index (Phi) is 6.13. The summed E-state index contributed by atoms with van der Waals surface area (Å²) in [6, 6.07) is 23.1. The van der Waals surface area contributed by atoms with Gasteiger partial charge in [-0.2, -0.15) is 0 Å². The Labute approximate surface area is 219 Å². The van der Waals surface area contributed by atoms with Crippen LogP contribution in [0, 0.1) is 0 Å². The Morgan fingerprint density at radius 1 is 0.914 bits per heavy atom. The van der Waals surface area contributed by atoms with Crippen LogP contribution in [0.1, 0.15) is 65.0 Å². The average molecular weight is 519 g/mol. The van der Waals surface area contributed by atoms with Crippen LogP contribution in [0.4, 0.5) is 0 Å². The molecule has 0 saturated heterocycles. The van der Waals surface area contributed by atoms with Crippen molar-refractivity contribution < 1.29 is 0 Å². The van der Waals surface area contributed by atoms with Gasteiger partial charge in [0.25, 0.3) is 0 Å². The highest BCUT2D eigenvalue weighted by Crippen LogP contribution is 2.42. The number of hydrogen-bond acceptors (Lipinski definition) is 3. The van der Waals surface area contributed by atoms with Gasteiger partial charge in [0.05, 0.1) is 17.0 Å². The van der Waals surface area contributed by atoms with E-state index in [9.17, 15) is 0 Å². The summed E-state index contributed by atoms with van der Waals surface area (Å²) >= 11 is 14.0. The molecule has 35 heavy (non-hydrogen) atoms. The van der Waals surface area contributed by atoms with Gasteiger partial charge >= 0.3 is 0 Å². The molecule has 2 heterocycles. The number of halogens is 2. The molecule has 1 fully saturated rings. The number of benzene rings is 3. The number of hydrogen-bond donors (Lipinski definition) is 0. The maximum atomic E-state index is 6.20. The summed E-state index contributed by atoms with van der Waals surface area (Å²) in [6.07, 6.45) is 4.32. The van der Waals surface area contributed by atoms with Gasteiger partial charge in [0, 0.05) is 34.1 Å². The van der Waals surface area contributed by atoms with E-state index in [-0.39, 0.29) is 5.92 Å². The molecular weight excluding hydrogens is 493 g/mol. The largest absolute Gasteiger partial charge is 0.327 e. The summed E-state index contributed by atoms with van der Waals surface area (Å²) in [4.78, 5) is 9.78. The first-order valence-electron chi connectivity index (χ1n) is 12.0. The second-order valence-corrected chi connectivity index (χ2v) is 11.2.